The van der Waals surface area contributed by atoms with Crippen LogP contribution in [-0.2, 0) is 4.79 Å². The van der Waals surface area contributed by atoms with E-state index in [1.807, 2.05) is 31.2 Å². The topological polar surface area (TPSA) is 93.8 Å². The van der Waals surface area contributed by atoms with Gasteiger partial charge in [-0.05, 0) is 42.8 Å². The van der Waals surface area contributed by atoms with Gasteiger partial charge in [0.25, 0.3) is 0 Å². The lowest BCUT2D eigenvalue weighted by Gasteiger charge is -2.09. The van der Waals surface area contributed by atoms with E-state index in [4.69, 9.17) is 5.73 Å². The number of amides is 1. The lowest BCUT2D eigenvalue weighted by atomic mass is 10.0. The minimum absolute atomic E-state index is 0.164. The fraction of sp³-hybridized carbons (Fsp3) is 0.111. The molecular formula is C18H17N5O. The Morgan fingerprint density at radius 2 is 1.79 bits per heavy atom. The van der Waals surface area contributed by atoms with Gasteiger partial charge in [0.15, 0.2) is 0 Å². The number of aromatic nitrogens is 3. The molecule has 6 heteroatoms. The zero-order valence-electron chi connectivity index (χ0n) is 13.4. The van der Waals surface area contributed by atoms with Gasteiger partial charge in [0.05, 0.1) is 17.6 Å². The van der Waals surface area contributed by atoms with Crippen molar-refractivity contribution in [3.05, 3.63) is 54.6 Å². The Kier molecular flexibility index (Phi) is 4.20. The highest BCUT2D eigenvalue weighted by atomic mass is 16.1. The van der Waals surface area contributed by atoms with Crippen LogP contribution in [0, 0.1) is 6.92 Å². The van der Waals surface area contributed by atoms with Gasteiger partial charge in [-0.2, -0.15) is 0 Å². The maximum absolute atomic E-state index is 11.2. The molecule has 0 aliphatic heterocycles. The van der Waals surface area contributed by atoms with Crippen LogP contribution in [0.4, 0.5) is 11.5 Å². The summed E-state index contributed by atoms with van der Waals surface area (Å²) in [6.07, 6.45) is 5.03. The molecule has 0 fully saturated rings. The summed E-state index contributed by atoms with van der Waals surface area (Å²) in [6, 6.07) is 9.43. The lowest BCUT2D eigenvalue weighted by molar-refractivity contribution is -0.114. The third-order valence-corrected chi connectivity index (χ3v) is 3.54. The van der Waals surface area contributed by atoms with Gasteiger partial charge >= 0.3 is 0 Å². The monoisotopic (exact) mass is 319 g/mol. The van der Waals surface area contributed by atoms with Crippen LogP contribution in [0.3, 0.4) is 0 Å². The van der Waals surface area contributed by atoms with Gasteiger partial charge in [0.1, 0.15) is 5.82 Å². The van der Waals surface area contributed by atoms with E-state index in [1.54, 1.807) is 24.7 Å². The molecular weight excluding hydrogens is 302 g/mol. The molecule has 120 valence electrons. The summed E-state index contributed by atoms with van der Waals surface area (Å²) >= 11 is 0. The number of nitrogen functional groups attached to an aromatic ring is 1. The lowest BCUT2D eigenvalue weighted by Crippen LogP contribution is -2.07. The van der Waals surface area contributed by atoms with E-state index < -0.39 is 0 Å². The fourth-order valence-corrected chi connectivity index (χ4v) is 2.44. The summed E-state index contributed by atoms with van der Waals surface area (Å²) in [7, 11) is 0. The van der Waals surface area contributed by atoms with Gasteiger partial charge in [-0.15, -0.1) is 0 Å². The Morgan fingerprint density at radius 3 is 2.58 bits per heavy atom. The average Bonchev–Trinajstić information content (AvgIpc) is 2.57. The first-order valence-electron chi connectivity index (χ1n) is 7.45. The zero-order chi connectivity index (χ0) is 17.1. The van der Waals surface area contributed by atoms with E-state index in [0.29, 0.717) is 11.5 Å². The number of pyridine rings is 3. The maximum atomic E-state index is 11.2. The van der Waals surface area contributed by atoms with Crippen molar-refractivity contribution in [1.82, 2.24) is 15.0 Å². The molecule has 0 aromatic carbocycles. The number of hydrogen-bond donors (Lipinski definition) is 2. The highest BCUT2D eigenvalue weighted by Crippen LogP contribution is 2.28. The van der Waals surface area contributed by atoms with Gasteiger partial charge in [-0.3, -0.25) is 14.8 Å². The first-order chi connectivity index (χ1) is 11.5. The van der Waals surface area contributed by atoms with Crippen molar-refractivity contribution in [2.75, 3.05) is 11.1 Å². The second kappa shape index (κ2) is 6.45. The largest absolute Gasteiger partial charge is 0.397 e. The van der Waals surface area contributed by atoms with Crippen LogP contribution in [0.25, 0.3) is 22.4 Å². The van der Waals surface area contributed by atoms with Gasteiger partial charge in [0.2, 0.25) is 5.91 Å². The Balaban J connectivity index is 2.02. The molecule has 0 saturated heterocycles. The van der Waals surface area contributed by atoms with Crippen LogP contribution in [0.2, 0.25) is 0 Å². The molecule has 0 unspecified atom stereocenters. The van der Waals surface area contributed by atoms with Gasteiger partial charge in [0, 0.05) is 36.1 Å². The van der Waals surface area contributed by atoms with Crippen molar-refractivity contribution in [1.29, 1.82) is 0 Å². The predicted octanol–water partition coefficient (Wildman–Crippen LogP) is 3.05. The van der Waals surface area contributed by atoms with E-state index in [2.05, 4.69) is 20.3 Å². The van der Waals surface area contributed by atoms with E-state index in [-0.39, 0.29) is 5.91 Å². The Bertz CT molecular complexity index is 907. The number of carbonyl (C=O) groups excluding carboxylic acids is 1. The van der Waals surface area contributed by atoms with Crippen molar-refractivity contribution in [2.24, 2.45) is 0 Å². The molecule has 3 N–H and O–H groups in total. The number of nitrogens with two attached hydrogens (primary N) is 1. The molecule has 6 nitrogen and oxygen atoms in total. The molecule has 0 aliphatic rings. The van der Waals surface area contributed by atoms with Gasteiger partial charge < -0.3 is 11.1 Å². The van der Waals surface area contributed by atoms with Crippen LogP contribution < -0.4 is 11.1 Å². The molecule has 1 amide bonds. The molecule has 3 aromatic heterocycles. The van der Waals surface area contributed by atoms with Crippen LogP contribution in [0.15, 0.2) is 48.9 Å². The average molecular weight is 319 g/mol. The summed E-state index contributed by atoms with van der Waals surface area (Å²) in [5, 5.41) is 2.67. The highest BCUT2D eigenvalue weighted by molar-refractivity contribution is 5.88. The Labute approximate surface area is 139 Å². The van der Waals surface area contributed by atoms with Crippen molar-refractivity contribution >= 4 is 17.4 Å². The highest BCUT2D eigenvalue weighted by Gasteiger charge is 2.08. The third kappa shape index (κ3) is 3.38. The van der Waals surface area contributed by atoms with E-state index >= 15 is 0 Å². The normalized spacial score (nSPS) is 10.4. The second-order valence-electron chi connectivity index (χ2n) is 5.44. The maximum Gasteiger partial charge on any atom is 0.222 e. The first kappa shape index (κ1) is 15.6. The smallest absolute Gasteiger partial charge is 0.222 e. The number of anilines is 2. The third-order valence-electron chi connectivity index (χ3n) is 3.54. The van der Waals surface area contributed by atoms with Crippen LogP contribution in [-0.4, -0.2) is 20.9 Å². The number of rotatable bonds is 3. The molecule has 0 bridgehead atoms. The molecule has 0 spiro atoms. The molecule has 24 heavy (non-hydrogen) atoms. The van der Waals surface area contributed by atoms with Gasteiger partial charge in [-0.25, -0.2) is 4.98 Å². The molecule has 3 heterocycles. The minimum atomic E-state index is -0.164. The second-order valence-corrected chi connectivity index (χ2v) is 5.44. The fourth-order valence-electron chi connectivity index (χ4n) is 2.44. The summed E-state index contributed by atoms with van der Waals surface area (Å²) in [5.74, 6) is 0.330. The molecule has 0 atom stereocenters. The molecule has 3 rings (SSSR count). The summed E-state index contributed by atoms with van der Waals surface area (Å²) in [4.78, 5) is 24.0. The summed E-state index contributed by atoms with van der Waals surface area (Å²) < 4.78 is 0. The van der Waals surface area contributed by atoms with E-state index in [0.717, 1.165) is 28.1 Å². The van der Waals surface area contributed by atoms with Crippen LogP contribution in [0.1, 0.15) is 12.6 Å². The van der Waals surface area contributed by atoms with Crippen molar-refractivity contribution in [2.45, 2.75) is 13.8 Å². The van der Waals surface area contributed by atoms with E-state index in [9.17, 15) is 4.79 Å². The number of nitrogens with one attached hydrogen (secondary N) is 1. The Morgan fingerprint density at radius 1 is 1.04 bits per heavy atom. The number of nitrogens with zero attached hydrogens (tertiary/aromatic N) is 3. The summed E-state index contributed by atoms with van der Waals surface area (Å²) in [5.41, 5.74) is 11.0. The van der Waals surface area contributed by atoms with E-state index in [1.165, 1.54) is 6.92 Å². The number of hydrogen-bond acceptors (Lipinski definition) is 5. The number of carbonyl (C=O) groups is 1. The zero-order valence-corrected chi connectivity index (χ0v) is 13.4. The predicted molar refractivity (Wildman–Crippen MR) is 94.2 cm³/mol. The molecule has 0 saturated carbocycles. The quantitative estimate of drug-likeness (QED) is 0.774. The van der Waals surface area contributed by atoms with Crippen molar-refractivity contribution in [3.8, 4) is 22.4 Å². The number of aryl methyl sites for hydroxylation is 1. The van der Waals surface area contributed by atoms with Crippen molar-refractivity contribution < 1.29 is 4.79 Å². The molecule has 0 aliphatic carbocycles. The summed E-state index contributed by atoms with van der Waals surface area (Å²) in [6.45, 7) is 3.39. The van der Waals surface area contributed by atoms with Gasteiger partial charge in [-0.1, -0.05) is 0 Å². The van der Waals surface area contributed by atoms with Crippen LogP contribution in [0.5, 0.6) is 0 Å². The molecule has 3 aromatic rings. The minimum Gasteiger partial charge on any atom is -0.397 e. The first-order valence-corrected chi connectivity index (χ1v) is 7.45. The Hall–Kier alpha value is -3.28. The van der Waals surface area contributed by atoms with Crippen molar-refractivity contribution in [3.63, 3.8) is 0 Å². The van der Waals surface area contributed by atoms with Crippen LogP contribution >= 0.6 is 0 Å². The SMILES string of the molecule is CC(=O)Nc1cc(-c2cc(-c3cc(N)cnc3C)ccn2)ccn1. The molecule has 0 radical (unpaired) electrons. The standard InChI is InChI=1S/C18H17N5O/c1-11-16(9-15(19)10-22-11)13-3-5-20-17(7-13)14-4-6-21-18(8-14)23-12(2)24/h3-10H,19H2,1-2H3,(H,21,23,24).